The molecule has 1 aromatic carbocycles. The largest absolute Gasteiger partial charge is 0.399 e. The van der Waals surface area contributed by atoms with Crippen molar-refractivity contribution in [2.45, 2.75) is 0 Å². The molecule has 3 nitrogen and oxygen atoms in total. The van der Waals surface area contributed by atoms with Gasteiger partial charge in [-0.1, -0.05) is 6.08 Å². The van der Waals surface area contributed by atoms with Crippen LogP contribution in [0.1, 0.15) is 15.9 Å². The number of rotatable bonds is 0. The van der Waals surface area contributed by atoms with E-state index in [1.54, 1.807) is 24.3 Å². The van der Waals surface area contributed by atoms with Crippen LogP contribution in [0.4, 0.5) is 5.69 Å². The van der Waals surface area contributed by atoms with Gasteiger partial charge in [0.25, 0.3) is 0 Å². The fourth-order valence-electron chi connectivity index (χ4n) is 1.30. The van der Waals surface area contributed by atoms with E-state index in [1.165, 1.54) is 6.08 Å². The van der Waals surface area contributed by atoms with E-state index in [-0.39, 0.29) is 0 Å². The molecule has 0 saturated carbocycles. The Morgan fingerprint density at radius 3 is 2.62 bits per heavy atom. The minimum Gasteiger partial charge on any atom is -0.399 e. The van der Waals surface area contributed by atoms with Crippen molar-refractivity contribution in [2.24, 2.45) is 0 Å². The normalized spacial score (nSPS) is 14.5. The molecule has 0 fully saturated rings. The molecule has 0 amide bonds. The number of carbonyl (C=O) groups excluding carboxylic acids is 2. The molecule has 1 aromatic rings. The van der Waals surface area contributed by atoms with Gasteiger partial charge in [-0.05, 0) is 29.8 Å². The summed E-state index contributed by atoms with van der Waals surface area (Å²) in [6, 6.07) is 4.87. The predicted molar refractivity (Wildman–Crippen MR) is 49.2 cm³/mol. The summed E-state index contributed by atoms with van der Waals surface area (Å²) in [5, 5.41) is 0. The van der Waals surface area contributed by atoms with Crippen molar-refractivity contribution >= 4 is 23.3 Å². The maximum Gasteiger partial charge on any atom is 0.233 e. The SMILES string of the molecule is Nc1ccc2c(c1)C=CC(=O)C2=O. The van der Waals surface area contributed by atoms with Gasteiger partial charge in [-0.2, -0.15) is 0 Å². The molecule has 0 aliphatic heterocycles. The number of benzene rings is 1. The fourth-order valence-corrected chi connectivity index (χ4v) is 1.30. The average molecular weight is 173 g/mol. The molecule has 0 bridgehead atoms. The third kappa shape index (κ3) is 1.14. The predicted octanol–water partition coefficient (Wildman–Crippen LogP) is 1.05. The second-order valence-corrected chi connectivity index (χ2v) is 2.87. The van der Waals surface area contributed by atoms with Gasteiger partial charge in [0.15, 0.2) is 0 Å². The maximum absolute atomic E-state index is 11.3. The number of nitrogens with two attached hydrogens (primary N) is 1. The summed E-state index contributed by atoms with van der Waals surface area (Å²) in [5.41, 5.74) is 7.27. The zero-order valence-corrected chi connectivity index (χ0v) is 6.78. The lowest BCUT2D eigenvalue weighted by atomic mass is 9.95. The molecule has 0 aromatic heterocycles. The van der Waals surface area contributed by atoms with Crippen LogP contribution in [0.3, 0.4) is 0 Å². The summed E-state index contributed by atoms with van der Waals surface area (Å²) in [5.74, 6) is -0.935. The molecular weight excluding hydrogens is 166 g/mol. The van der Waals surface area contributed by atoms with Gasteiger partial charge in [0, 0.05) is 11.3 Å². The first-order chi connectivity index (χ1) is 6.18. The van der Waals surface area contributed by atoms with Gasteiger partial charge >= 0.3 is 0 Å². The van der Waals surface area contributed by atoms with E-state index in [2.05, 4.69) is 0 Å². The van der Waals surface area contributed by atoms with Crippen molar-refractivity contribution in [3.63, 3.8) is 0 Å². The van der Waals surface area contributed by atoms with E-state index >= 15 is 0 Å². The third-order valence-electron chi connectivity index (χ3n) is 1.96. The maximum atomic E-state index is 11.3. The van der Waals surface area contributed by atoms with Gasteiger partial charge in [-0.25, -0.2) is 0 Å². The average Bonchev–Trinajstić information content (AvgIpc) is 2.12. The zero-order chi connectivity index (χ0) is 9.42. The van der Waals surface area contributed by atoms with E-state index in [1.807, 2.05) is 0 Å². The topological polar surface area (TPSA) is 60.2 Å². The number of Topliss-reactive ketones (excluding diaryl/α,β-unsaturated/α-hetero) is 1. The van der Waals surface area contributed by atoms with Crippen LogP contribution in [-0.4, -0.2) is 11.6 Å². The molecule has 0 atom stereocenters. The highest BCUT2D eigenvalue weighted by atomic mass is 16.2. The Morgan fingerprint density at radius 2 is 1.85 bits per heavy atom. The van der Waals surface area contributed by atoms with Crippen molar-refractivity contribution in [3.05, 3.63) is 35.4 Å². The van der Waals surface area contributed by atoms with Crippen molar-refractivity contribution in [1.29, 1.82) is 0 Å². The third-order valence-corrected chi connectivity index (χ3v) is 1.96. The summed E-state index contributed by atoms with van der Waals surface area (Å²) in [6.07, 6.45) is 2.87. The highest BCUT2D eigenvalue weighted by Gasteiger charge is 2.20. The van der Waals surface area contributed by atoms with E-state index in [0.717, 1.165) is 0 Å². The molecule has 2 N–H and O–H groups in total. The fraction of sp³-hybridized carbons (Fsp3) is 0. The molecule has 64 valence electrons. The lowest BCUT2D eigenvalue weighted by Gasteiger charge is -2.08. The second-order valence-electron chi connectivity index (χ2n) is 2.87. The first-order valence-electron chi connectivity index (χ1n) is 3.85. The van der Waals surface area contributed by atoms with Gasteiger partial charge in [-0.3, -0.25) is 9.59 Å². The van der Waals surface area contributed by atoms with Crippen molar-refractivity contribution in [1.82, 2.24) is 0 Å². The number of hydrogen-bond donors (Lipinski definition) is 1. The molecule has 3 heteroatoms. The molecule has 1 aliphatic carbocycles. The Bertz CT molecular complexity index is 433. The van der Waals surface area contributed by atoms with Crippen molar-refractivity contribution < 1.29 is 9.59 Å². The van der Waals surface area contributed by atoms with Crippen LogP contribution in [0.2, 0.25) is 0 Å². The van der Waals surface area contributed by atoms with Crippen LogP contribution in [0, 0.1) is 0 Å². The Labute approximate surface area is 74.9 Å². The molecule has 0 saturated heterocycles. The van der Waals surface area contributed by atoms with Gasteiger partial charge in [0.2, 0.25) is 11.6 Å². The van der Waals surface area contributed by atoms with E-state index in [0.29, 0.717) is 16.8 Å². The molecular formula is C10H7NO2. The summed E-state index contributed by atoms with van der Waals surface area (Å²) < 4.78 is 0. The summed E-state index contributed by atoms with van der Waals surface area (Å²) in [4.78, 5) is 22.3. The van der Waals surface area contributed by atoms with Crippen LogP contribution in [-0.2, 0) is 4.79 Å². The second kappa shape index (κ2) is 2.55. The first-order valence-corrected chi connectivity index (χ1v) is 3.85. The zero-order valence-electron chi connectivity index (χ0n) is 6.78. The number of carbonyl (C=O) groups is 2. The Hall–Kier alpha value is -1.90. The van der Waals surface area contributed by atoms with Crippen LogP contribution >= 0.6 is 0 Å². The van der Waals surface area contributed by atoms with E-state index < -0.39 is 11.6 Å². The van der Waals surface area contributed by atoms with Gasteiger partial charge in [0.05, 0.1) is 0 Å². The molecule has 2 rings (SSSR count). The van der Waals surface area contributed by atoms with Crippen molar-refractivity contribution in [3.8, 4) is 0 Å². The first kappa shape index (κ1) is 7.73. The van der Waals surface area contributed by atoms with Gasteiger partial charge in [-0.15, -0.1) is 0 Å². The number of allylic oxidation sites excluding steroid dienone is 1. The van der Waals surface area contributed by atoms with Crippen molar-refractivity contribution in [2.75, 3.05) is 5.73 Å². The lowest BCUT2D eigenvalue weighted by molar-refractivity contribution is -0.110. The Kier molecular flexibility index (Phi) is 1.52. The minimum atomic E-state index is -0.475. The number of fused-ring (bicyclic) bond motifs is 1. The van der Waals surface area contributed by atoms with Crippen LogP contribution in [0.25, 0.3) is 6.08 Å². The molecule has 0 radical (unpaired) electrons. The van der Waals surface area contributed by atoms with E-state index in [9.17, 15) is 9.59 Å². The molecule has 13 heavy (non-hydrogen) atoms. The summed E-state index contributed by atoms with van der Waals surface area (Å²) in [6.45, 7) is 0. The molecule has 1 aliphatic rings. The lowest BCUT2D eigenvalue weighted by Crippen LogP contribution is -2.16. The molecule has 0 unspecified atom stereocenters. The highest BCUT2D eigenvalue weighted by molar-refractivity contribution is 6.50. The quantitative estimate of drug-likeness (QED) is 0.471. The monoisotopic (exact) mass is 173 g/mol. The van der Waals surface area contributed by atoms with Gasteiger partial charge in [0.1, 0.15) is 0 Å². The minimum absolute atomic E-state index is 0.432. The Balaban J connectivity index is 2.66. The smallest absolute Gasteiger partial charge is 0.233 e. The number of anilines is 1. The molecule has 0 heterocycles. The number of ketones is 2. The summed E-state index contributed by atoms with van der Waals surface area (Å²) >= 11 is 0. The highest BCUT2D eigenvalue weighted by Crippen LogP contribution is 2.19. The van der Waals surface area contributed by atoms with Crippen LogP contribution in [0.5, 0.6) is 0 Å². The number of nitrogen functional groups attached to an aromatic ring is 1. The van der Waals surface area contributed by atoms with E-state index in [4.69, 9.17) is 5.73 Å². The Morgan fingerprint density at radius 1 is 1.08 bits per heavy atom. The standard InChI is InChI=1S/C10H7NO2/c11-7-2-3-8-6(5-7)1-4-9(12)10(8)13/h1-5H,11H2. The summed E-state index contributed by atoms with van der Waals surface area (Å²) in [7, 11) is 0. The molecule has 0 spiro atoms. The number of hydrogen-bond acceptors (Lipinski definition) is 3. The van der Waals surface area contributed by atoms with Gasteiger partial charge < -0.3 is 5.73 Å². The van der Waals surface area contributed by atoms with Crippen LogP contribution < -0.4 is 5.73 Å². The van der Waals surface area contributed by atoms with Crippen LogP contribution in [0.15, 0.2) is 24.3 Å².